The Labute approximate surface area is 215 Å². The SMILES string of the molecule is C=CC(=O)C[C@H]1CCOC[C@H]1Nc1cc2cnc(-c3c(Cl)c(OC)cc(OC)c3C3CC3)cc2cn1. The number of benzene rings is 1. The number of ketones is 1. The summed E-state index contributed by atoms with van der Waals surface area (Å²) in [4.78, 5) is 21.4. The summed E-state index contributed by atoms with van der Waals surface area (Å²) >= 11 is 6.81. The lowest BCUT2D eigenvalue weighted by molar-refractivity contribution is -0.116. The molecule has 1 aliphatic carbocycles. The summed E-state index contributed by atoms with van der Waals surface area (Å²) < 4.78 is 16.9. The molecule has 188 valence electrons. The Hall–Kier alpha value is -3.16. The molecule has 0 spiro atoms. The first kappa shape index (κ1) is 24.5. The second-order valence-corrected chi connectivity index (χ2v) is 9.77. The molecule has 1 aromatic carbocycles. The molecule has 0 unspecified atom stereocenters. The third-order valence-electron chi connectivity index (χ3n) is 7.04. The normalized spacial score (nSPS) is 19.6. The topological polar surface area (TPSA) is 82.6 Å². The van der Waals surface area contributed by atoms with E-state index in [0.717, 1.165) is 58.4 Å². The quantitative estimate of drug-likeness (QED) is 0.366. The van der Waals surface area contributed by atoms with Gasteiger partial charge in [0.15, 0.2) is 5.78 Å². The Balaban J connectivity index is 1.46. The van der Waals surface area contributed by atoms with Crippen LogP contribution in [0.2, 0.25) is 5.02 Å². The lowest BCUT2D eigenvalue weighted by atomic mass is 9.89. The van der Waals surface area contributed by atoms with Gasteiger partial charge in [0, 0.05) is 53.4 Å². The number of halogens is 1. The molecule has 7 nitrogen and oxygen atoms in total. The van der Waals surface area contributed by atoms with E-state index < -0.39 is 0 Å². The number of carbonyl (C=O) groups is 1. The second kappa shape index (κ2) is 10.4. The van der Waals surface area contributed by atoms with Crippen LogP contribution >= 0.6 is 11.6 Å². The zero-order chi connectivity index (χ0) is 25.2. The molecule has 8 heteroatoms. The molecule has 1 saturated carbocycles. The first-order chi connectivity index (χ1) is 17.5. The molecule has 2 aromatic heterocycles. The van der Waals surface area contributed by atoms with Gasteiger partial charge in [0.2, 0.25) is 0 Å². The number of hydrogen-bond acceptors (Lipinski definition) is 7. The van der Waals surface area contributed by atoms with E-state index in [9.17, 15) is 4.79 Å². The molecule has 3 heterocycles. The first-order valence-corrected chi connectivity index (χ1v) is 12.6. The van der Waals surface area contributed by atoms with Gasteiger partial charge in [0.25, 0.3) is 0 Å². The Morgan fingerprint density at radius 2 is 1.89 bits per heavy atom. The number of allylic oxidation sites excluding steroid dienone is 1. The van der Waals surface area contributed by atoms with E-state index in [2.05, 4.69) is 16.9 Å². The van der Waals surface area contributed by atoms with Crippen LogP contribution in [0.1, 0.15) is 37.2 Å². The minimum absolute atomic E-state index is 0.00369. The number of nitrogens with zero attached hydrogens (tertiary/aromatic N) is 2. The molecule has 5 rings (SSSR count). The minimum atomic E-state index is 0.00369. The van der Waals surface area contributed by atoms with Crippen molar-refractivity contribution in [2.24, 2.45) is 5.92 Å². The average molecular weight is 508 g/mol. The third kappa shape index (κ3) is 4.90. The van der Waals surface area contributed by atoms with Gasteiger partial charge in [-0.25, -0.2) is 4.98 Å². The maximum atomic E-state index is 11.9. The molecule has 0 amide bonds. The van der Waals surface area contributed by atoms with Crippen LogP contribution in [-0.2, 0) is 9.53 Å². The zero-order valence-electron chi connectivity index (χ0n) is 20.6. The maximum Gasteiger partial charge on any atom is 0.155 e. The van der Waals surface area contributed by atoms with E-state index in [0.29, 0.717) is 36.3 Å². The molecule has 36 heavy (non-hydrogen) atoms. The molecule has 0 bridgehead atoms. The Morgan fingerprint density at radius 3 is 2.61 bits per heavy atom. The van der Waals surface area contributed by atoms with E-state index in [4.69, 9.17) is 30.8 Å². The van der Waals surface area contributed by atoms with Crippen LogP contribution in [0.25, 0.3) is 22.0 Å². The molecular weight excluding hydrogens is 478 g/mol. The van der Waals surface area contributed by atoms with Crippen LogP contribution in [0.4, 0.5) is 5.82 Å². The lowest BCUT2D eigenvalue weighted by Crippen LogP contribution is -2.39. The number of rotatable bonds is 9. The van der Waals surface area contributed by atoms with Gasteiger partial charge in [0.05, 0.1) is 37.6 Å². The highest BCUT2D eigenvalue weighted by molar-refractivity contribution is 6.35. The van der Waals surface area contributed by atoms with Gasteiger partial charge in [-0.1, -0.05) is 18.2 Å². The van der Waals surface area contributed by atoms with Crippen LogP contribution in [0.15, 0.2) is 43.2 Å². The van der Waals surface area contributed by atoms with Crippen LogP contribution in [0.3, 0.4) is 0 Å². The third-order valence-corrected chi connectivity index (χ3v) is 7.42. The summed E-state index contributed by atoms with van der Waals surface area (Å²) in [6.45, 7) is 4.79. The molecule has 3 aromatic rings. The Morgan fingerprint density at radius 1 is 1.14 bits per heavy atom. The highest BCUT2D eigenvalue weighted by Crippen LogP contribution is 2.53. The highest BCUT2D eigenvalue weighted by Gasteiger charge is 2.33. The number of ether oxygens (including phenoxy) is 3. The monoisotopic (exact) mass is 507 g/mol. The van der Waals surface area contributed by atoms with Crippen molar-refractivity contribution in [3.63, 3.8) is 0 Å². The predicted molar refractivity (Wildman–Crippen MR) is 141 cm³/mol. The Bertz CT molecular complexity index is 1310. The van der Waals surface area contributed by atoms with Gasteiger partial charge >= 0.3 is 0 Å². The second-order valence-electron chi connectivity index (χ2n) is 9.39. The lowest BCUT2D eigenvalue weighted by Gasteiger charge is -2.32. The first-order valence-electron chi connectivity index (χ1n) is 12.2. The number of anilines is 1. The number of hydrogen-bond donors (Lipinski definition) is 1. The van der Waals surface area contributed by atoms with Crippen molar-refractivity contribution in [1.29, 1.82) is 0 Å². The van der Waals surface area contributed by atoms with Gasteiger partial charge in [0.1, 0.15) is 17.3 Å². The van der Waals surface area contributed by atoms with Crippen molar-refractivity contribution in [3.05, 3.63) is 53.8 Å². The van der Waals surface area contributed by atoms with E-state index in [-0.39, 0.29) is 17.7 Å². The van der Waals surface area contributed by atoms with Gasteiger partial charge in [-0.05, 0) is 49.3 Å². The van der Waals surface area contributed by atoms with Crippen LogP contribution in [0, 0.1) is 5.92 Å². The van der Waals surface area contributed by atoms with Crippen molar-refractivity contribution in [3.8, 4) is 22.8 Å². The summed E-state index contributed by atoms with van der Waals surface area (Å²) in [5.41, 5.74) is 2.70. The molecule has 2 atom stereocenters. The largest absolute Gasteiger partial charge is 0.496 e. The molecule has 1 saturated heterocycles. The fraction of sp³-hybridized carbons (Fsp3) is 0.393. The molecule has 0 radical (unpaired) electrons. The van der Waals surface area contributed by atoms with E-state index in [1.165, 1.54) is 6.08 Å². The van der Waals surface area contributed by atoms with Crippen molar-refractivity contribution in [1.82, 2.24) is 9.97 Å². The van der Waals surface area contributed by atoms with Crippen molar-refractivity contribution in [2.45, 2.75) is 37.6 Å². The predicted octanol–water partition coefficient (Wildman–Crippen LogP) is 5.81. The summed E-state index contributed by atoms with van der Waals surface area (Å²) in [5, 5.41) is 5.90. The number of carbonyl (C=O) groups excluding carboxylic acids is 1. The maximum absolute atomic E-state index is 11.9. The van der Waals surface area contributed by atoms with E-state index >= 15 is 0 Å². The number of nitrogens with one attached hydrogen (secondary N) is 1. The van der Waals surface area contributed by atoms with Crippen molar-refractivity contribution >= 4 is 34.0 Å². The summed E-state index contributed by atoms with van der Waals surface area (Å²) in [6, 6.07) is 5.84. The summed E-state index contributed by atoms with van der Waals surface area (Å²) in [5.74, 6) is 2.69. The van der Waals surface area contributed by atoms with Gasteiger partial charge in [-0.2, -0.15) is 0 Å². The Kier molecular flexibility index (Phi) is 7.12. The van der Waals surface area contributed by atoms with E-state index in [1.807, 2.05) is 30.6 Å². The number of aromatic nitrogens is 2. The smallest absolute Gasteiger partial charge is 0.155 e. The zero-order valence-corrected chi connectivity index (χ0v) is 21.3. The summed E-state index contributed by atoms with van der Waals surface area (Å²) in [6.07, 6.45) is 8.54. The van der Waals surface area contributed by atoms with E-state index in [1.54, 1.807) is 14.2 Å². The highest BCUT2D eigenvalue weighted by atomic mass is 35.5. The van der Waals surface area contributed by atoms with Gasteiger partial charge < -0.3 is 19.5 Å². The number of methoxy groups -OCH3 is 2. The van der Waals surface area contributed by atoms with Crippen LogP contribution in [-0.4, -0.2) is 49.2 Å². The molecule has 1 N–H and O–H groups in total. The minimum Gasteiger partial charge on any atom is -0.496 e. The molecule has 2 aliphatic rings. The average Bonchev–Trinajstić information content (AvgIpc) is 3.74. The van der Waals surface area contributed by atoms with Crippen molar-refractivity contribution < 1.29 is 19.0 Å². The molecular formula is C28H30ClN3O4. The molecule has 1 aliphatic heterocycles. The van der Waals surface area contributed by atoms with Gasteiger partial charge in [-0.3, -0.25) is 9.78 Å². The molecule has 2 fully saturated rings. The van der Waals surface area contributed by atoms with Crippen molar-refractivity contribution in [2.75, 3.05) is 32.8 Å². The fourth-order valence-electron chi connectivity index (χ4n) is 4.94. The standard InChI is InChI=1S/C28H30ClN3O4/c1-4-20(33)9-17-7-8-36-15-22(17)32-25-11-19-13-30-21(10-18(19)14-31-25)27-26(16-5-6-16)23(34-2)12-24(35-3)28(27)29/h4,10-14,16-17,22H,1,5-9,15H2,2-3H3,(H,31,32)/t17-,22-/m1/s1. The summed E-state index contributed by atoms with van der Waals surface area (Å²) in [7, 11) is 3.27. The van der Waals surface area contributed by atoms with Crippen LogP contribution in [0.5, 0.6) is 11.5 Å². The number of fused-ring (bicyclic) bond motifs is 1. The van der Waals surface area contributed by atoms with Gasteiger partial charge in [-0.15, -0.1) is 0 Å². The number of pyridine rings is 2. The van der Waals surface area contributed by atoms with Crippen LogP contribution < -0.4 is 14.8 Å². The fourth-order valence-corrected chi connectivity index (χ4v) is 5.27.